The number of aromatic amines is 1. The maximum atomic E-state index is 13.9. The first-order valence-corrected chi connectivity index (χ1v) is 10.8. The fourth-order valence-electron chi connectivity index (χ4n) is 4.69. The number of hydrogen-bond donors (Lipinski definition) is 2. The number of fused-ring (bicyclic) bond motifs is 1. The third-order valence-corrected chi connectivity index (χ3v) is 6.36. The number of benzene rings is 2. The Kier molecular flexibility index (Phi) is 5.33. The molecule has 3 heterocycles. The smallest absolute Gasteiger partial charge is 0.418 e. The standard InChI is InChI=1S/C24H24F3N3O3/c1-15-3-2-4-19-21(15)17(22(31)29-19)14-28-16-5-6-20(18(13-16)24(25,26)27)30-9-7-23(8-10-30)32-11-12-33-23/h2-6,13-14,29,31H,7-12H2,1H3. The summed E-state index contributed by atoms with van der Waals surface area (Å²) in [4.78, 5) is 8.85. The first-order valence-electron chi connectivity index (χ1n) is 10.8. The van der Waals surface area contributed by atoms with Crippen LogP contribution in [0.3, 0.4) is 0 Å². The molecule has 0 atom stereocenters. The van der Waals surface area contributed by atoms with Crippen molar-refractivity contribution in [1.82, 2.24) is 4.98 Å². The summed E-state index contributed by atoms with van der Waals surface area (Å²) in [5.41, 5.74) is 1.65. The van der Waals surface area contributed by atoms with E-state index >= 15 is 0 Å². The van der Waals surface area contributed by atoms with Gasteiger partial charge in [0, 0.05) is 48.7 Å². The van der Waals surface area contributed by atoms with Crippen molar-refractivity contribution in [2.75, 3.05) is 31.2 Å². The second-order valence-corrected chi connectivity index (χ2v) is 8.44. The summed E-state index contributed by atoms with van der Waals surface area (Å²) < 4.78 is 53.2. The number of H-pyrrole nitrogens is 1. The van der Waals surface area contributed by atoms with Crippen LogP contribution in [0.1, 0.15) is 29.5 Å². The zero-order chi connectivity index (χ0) is 23.2. The highest BCUT2D eigenvalue weighted by Crippen LogP contribution is 2.41. The Bertz CT molecular complexity index is 1200. The number of halogens is 3. The molecule has 174 valence electrons. The van der Waals surface area contributed by atoms with E-state index in [0.717, 1.165) is 22.5 Å². The molecule has 33 heavy (non-hydrogen) atoms. The predicted octanol–water partition coefficient (Wildman–Crippen LogP) is 5.29. The van der Waals surface area contributed by atoms with Gasteiger partial charge in [-0.1, -0.05) is 12.1 Å². The number of aliphatic imine (C=N–C) groups is 1. The molecule has 0 unspecified atom stereocenters. The number of ether oxygens (including phenoxy) is 2. The molecule has 2 aliphatic rings. The van der Waals surface area contributed by atoms with Gasteiger partial charge in [0.2, 0.25) is 0 Å². The van der Waals surface area contributed by atoms with Crippen molar-refractivity contribution in [2.24, 2.45) is 4.99 Å². The van der Waals surface area contributed by atoms with Gasteiger partial charge >= 0.3 is 6.18 Å². The molecular weight excluding hydrogens is 435 g/mol. The Morgan fingerprint density at radius 2 is 1.85 bits per heavy atom. The molecule has 0 aliphatic carbocycles. The zero-order valence-corrected chi connectivity index (χ0v) is 18.1. The van der Waals surface area contributed by atoms with Gasteiger partial charge in [0.05, 0.1) is 30.0 Å². The minimum Gasteiger partial charge on any atom is -0.494 e. The highest BCUT2D eigenvalue weighted by Gasteiger charge is 2.42. The van der Waals surface area contributed by atoms with Crippen LogP contribution >= 0.6 is 0 Å². The molecular formula is C24H24F3N3O3. The quantitative estimate of drug-likeness (QED) is 0.522. The second kappa shape index (κ2) is 8.07. The molecule has 0 saturated carbocycles. The highest BCUT2D eigenvalue weighted by molar-refractivity contribution is 6.04. The number of aromatic hydroxyl groups is 1. The third-order valence-electron chi connectivity index (χ3n) is 6.36. The molecule has 3 aromatic rings. The van der Waals surface area contributed by atoms with Crippen LogP contribution in [0.15, 0.2) is 41.4 Å². The van der Waals surface area contributed by atoms with E-state index < -0.39 is 17.5 Å². The minimum absolute atomic E-state index is 0.0747. The average molecular weight is 459 g/mol. The number of aryl methyl sites for hydroxylation is 1. The van der Waals surface area contributed by atoms with Gasteiger partial charge in [0.1, 0.15) is 0 Å². The molecule has 5 rings (SSSR count). The summed E-state index contributed by atoms with van der Waals surface area (Å²) in [5.74, 6) is -0.729. The van der Waals surface area contributed by atoms with Gasteiger partial charge in [-0.15, -0.1) is 0 Å². The summed E-state index contributed by atoms with van der Waals surface area (Å²) in [6.45, 7) is 3.76. The predicted molar refractivity (Wildman–Crippen MR) is 119 cm³/mol. The van der Waals surface area contributed by atoms with Crippen LogP contribution in [0.5, 0.6) is 5.88 Å². The van der Waals surface area contributed by atoms with Crippen LogP contribution in [0.4, 0.5) is 24.5 Å². The molecule has 2 fully saturated rings. The van der Waals surface area contributed by atoms with Gasteiger partial charge < -0.3 is 24.5 Å². The van der Waals surface area contributed by atoms with Crippen LogP contribution < -0.4 is 4.90 Å². The second-order valence-electron chi connectivity index (χ2n) is 8.44. The number of nitrogens with zero attached hydrogens (tertiary/aromatic N) is 2. The van der Waals surface area contributed by atoms with Crippen LogP contribution in [0.2, 0.25) is 0 Å². The van der Waals surface area contributed by atoms with Crippen LogP contribution in [-0.4, -0.2) is 48.4 Å². The molecule has 0 amide bonds. The Hall–Kier alpha value is -3.04. The molecule has 6 nitrogen and oxygen atoms in total. The van der Waals surface area contributed by atoms with Crippen LogP contribution in [0, 0.1) is 6.92 Å². The number of rotatable bonds is 3. The number of aromatic nitrogens is 1. The van der Waals surface area contributed by atoms with E-state index in [2.05, 4.69) is 9.98 Å². The van der Waals surface area contributed by atoms with Gasteiger partial charge in [-0.25, -0.2) is 0 Å². The number of anilines is 1. The van der Waals surface area contributed by atoms with E-state index in [1.165, 1.54) is 12.3 Å². The number of alkyl halides is 3. The van der Waals surface area contributed by atoms with Crippen LogP contribution in [-0.2, 0) is 15.7 Å². The van der Waals surface area contributed by atoms with E-state index in [9.17, 15) is 18.3 Å². The van der Waals surface area contributed by atoms with Gasteiger partial charge in [-0.05, 0) is 36.8 Å². The SMILES string of the molecule is Cc1cccc2[nH]c(O)c(C=Nc3ccc(N4CCC5(CC4)OCCO5)c(C(F)(F)F)c3)c12. The molecule has 2 aliphatic heterocycles. The number of piperidine rings is 1. The van der Waals surface area contributed by atoms with Crippen molar-refractivity contribution in [3.63, 3.8) is 0 Å². The highest BCUT2D eigenvalue weighted by atomic mass is 19.4. The van der Waals surface area contributed by atoms with Crippen molar-refractivity contribution in [2.45, 2.75) is 31.7 Å². The lowest BCUT2D eigenvalue weighted by molar-refractivity contribution is -0.169. The van der Waals surface area contributed by atoms with Crippen molar-refractivity contribution < 1.29 is 27.8 Å². The lowest BCUT2D eigenvalue weighted by Gasteiger charge is -2.39. The third kappa shape index (κ3) is 4.06. The van der Waals surface area contributed by atoms with Crippen molar-refractivity contribution in [3.05, 3.63) is 53.1 Å². The number of nitrogens with one attached hydrogen (secondary N) is 1. The Morgan fingerprint density at radius 3 is 2.55 bits per heavy atom. The monoisotopic (exact) mass is 459 g/mol. The Morgan fingerprint density at radius 1 is 1.12 bits per heavy atom. The topological polar surface area (TPSA) is 70.1 Å². The summed E-state index contributed by atoms with van der Waals surface area (Å²) in [6, 6.07) is 9.65. The lowest BCUT2D eigenvalue weighted by atomic mass is 10.0. The Balaban J connectivity index is 1.44. The molecule has 2 N–H and O–H groups in total. The minimum atomic E-state index is -4.53. The van der Waals surface area contributed by atoms with E-state index in [0.29, 0.717) is 44.7 Å². The summed E-state index contributed by atoms with van der Waals surface area (Å²) >= 11 is 0. The zero-order valence-electron chi connectivity index (χ0n) is 18.1. The first kappa shape index (κ1) is 21.8. The summed E-state index contributed by atoms with van der Waals surface area (Å²) in [7, 11) is 0. The maximum Gasteiger partial charge on any atom is 0.418 e. The Labute approximate surface area is 188 Å². The van der Waals surface area contributed by atoms with E-state index in [1.807, 2.05) is 25.1 Å². The normalized spacial score (nSPS) is 18.7. The molecule has 0 radical (unpaired) electrons. The fraction of sp³-hybridized carbons (Fsp3) is 0.375. The van der Waals surface area contributed by atoms with Gasteiger partial charge in [-0.2, -0.15) is 13.2 Å². The molecule has 2 saturated heterocycles. The van der Waals surface area contributed by atoms with E-state index in [4.69, 9.17) is 9.47 Å². The first-order chi connectivity index (χ1) is 15.8. The van der Waals surface area contributed by atoms with Crippen molar-refractivity contribution >= 4 is 28.5 Å². The van der Waals surface area contributed by atoms with Gasteiger partial charge in [-0.3, -0.25) is 4.99 Å². The fourth-order valence-corrected chi connectivity index (χ4v) is 4.69. The van der Waals surface area contributed by atoms with E-state index in [1.54, 1.807) is 11.0 Å². The summed E-state index contributed by atoms with van der Waals surface area (Å²) in [6.07, 6.45) is -2.10. The number of hydrogen-bond acceptors (Lipinski definition) is 5. The molecule has 9 heteroatoms. The largest absolute Gasteiger partial charge is 0.494 e. The van der Waals surface area contributed by atoms with Crippen molar-refractivity contribution in [1.29, 1.82) is 0 Å². The lowest BCUT2D eigenvalue weighted by Crippen LogP contribution is -2.45. The molecule has 1 aromatic heterocycles. The van der Waals surface area contributed by atoms with Crippen LogP contribution in [0.25, 0.3) is 10.9 Å². The maximum absolute atomic E-state index is 13.9. The van der Waals surface area contributed by atoms with Gasteiger partial charge in [0.25, 0.3) is 0 Å². The van der Waals surface area contributed by atoms with Crippen molar-refractivity contribution in [3.8, 4) is 5.88 Å². The van der Waals surface area contributed by atoms with Gasteiger partial charge in [0.15, 0.2) is 11.7 Å². The molecule has 2 aromatic carbocycles. The van der Waals surface area contributed by atoms with E-state index in [-0.39, 0.29) is 17.3 Å². The molecule has 0 bridgehead atoms. The molecule has 1 spiro atoms. The summed E-state index contributed by atoms with van der Waals surface area (Å²) in [5, 5.41) is 11.1. The average Bonchev–Trinajstić information content (AvgIpc) is 3.36.